The number of carbonyl (C=O) groups is 1. The van der Waals surface area contributed by atoms with E-state index in [-0.39, 0.29) is 6.04 Å². The molecule has 2 N–H and O–H groups in total. The summed E-state index contributed by atoms with van der Waals surface area (Å²) in [5, 5.41) is 12.1. The zero-order valence-electron chi connectivity index (χ0n) is 9.83. The van der Waals surface area contributed by atoms with Crippen LogP contribution in [0.3, 0.4) is 0 Å². The smallest absolute Gasteiger partial charge is 0.320 e. The Balaban J connectivity index is 2.27. The average molecular weight is 213 g/mol. The molecule has 1 saturated heterocycles. The Bertz CT molecular complexity index is 206. The van der Waals surface area contributed by atoms with Crippen LogP contribution < -0.4 is 5.32 Å². The SMILES string of the molecule is CCC(C)CCC1CCCC(C(=O)O)N1. The number of piperidine rings is 1. The van der Waals surface area contributed by atoms with Crippen LogP contribution in [0, 0.1) is 5.92 Å². The van der Waals surface area contributed by atoms with E-state index in [2.05, 4.69) is 19.2 Å². The van der Waals surface area contributed by atoms with Crippen LogP contribution in [0.25, 0.3) is 0 Å². The maximum Gasteiger partial charge on any atom is 0.320 e. The normalized spacial score (nSPS) is 28.7. The van der Waals surface area contributed by atoms with Crippen molar-refractivity contribution in [3.05, 3.63) is 0 Å². The molecule has 0 bridgehead atoms. The molecule has 1 rings (SSSR count). The molecule has 88 valence electrons. The molecule has 0 saturated carbocycles. The van der Waals surface area contributed by atoms with Crippen molar-refractivity contribution in [2.24, 2.45) is 5.92 Å². The highest BCUT2D eigenvalue weighted by molar-refractivity contribution is 5.73. The van der Waals surface area contributed by atoms with Gasteiger partial charge in [-0.3, -0.25) is 4.79 Å². The monoisotopic (exact) mass is 213 g/mol. The van der Waals surface area contributed by atoms with E-state index in [1.807, 2.05) is 0 Å². The van der Waals surface area contributed by atoms with Crippen molar-refractivity contribution in [3.63, 3.8) is 0 Å². The molecule has 0 spiro atoms. The number of hydrogen-bond acceptors (Lipinski definition) is 2. The van der Waals surface area contributed by atoms with Crippen LogP contribution in [0.4, 0.5) is 0 Å². The van der Waals surface area contributed by atoms with Gasteiger partial charge in [0.15, 0.2) is 0 Å². The van der Waals surface area contributed by atoms with Crippen molar-refractivity contribution in [2.45, 2.75) is 64.5 Å². The second-order valence-electron chi connectivity index (χ2n) is 4.78. The summed E-state index contributed by atoms with van der Waals surface area (Å²) in [5.41, 5.74) is 0. The predicted molar refractivity (Wildman–Crippen MR) is 60.9 cm³/mol. The summed E-state index contributed by atoms with van der Waals surface area (Å²) in [6, 6.07) is 0.120. The molecular formula is C12H23NO2. The van der Waals surface area contributed by atoms with Crippen molar-refractivity contribution in [3.8, 4) is 0 Å². The molecule has 0 aliphatic carbocycles. The third-order valence-electron chi connectivity index (χ3n) is 3.49. The molecule has 1 heterocycles. The largest absolute Gasteiger partial charge is 0.480 e. The Morgan fingerprint density at radius 2 is 2.27 bits per heavy atom. The van der Waals surface area contributed by atoms with Crippen LogP contribution in [0.5, 0.6) is 0 Å². The molecule has 3 atom stereocenters. The summed E-state index contributed by atoms with van der Waals surface area (Å²) in [6.45, 7) is 4.47. The van der Waals surface area contributed by atoms with Gasteiger partial charge in [-0.1, -0.05) is 20.3 Å². The molecule has 1 aliphatic rings. The molecule has 3 unspecified atom stereocenters. The summed E-state index contributed by atoms with van der Waals surface area (Å²) in [4.78, 5) is 10.8. The summed E-state index contributed by atoms with van der Waals surface area (Å²) in [6.07, 6.45) is 6.53. The van der Waals surface area contributed by atoms with Crippen molar-refractivity contribution >= 4 is 5.97 Å². The molecule has 0 radical (unpaired) electrons. The van der Waals surface area contributed by atoms with E-state index in [9.17, 15) is 4.79 Å². The molecule has 3 heteroatoms. The minimum atomic E-state index is -0.691. The Morgan fingerprint density at radius 1 is 1.53 bits per heavy atom. The van der Waals surface area contributed by atoms with E-state index in [0.29, 0.717) is 6.04 Å². The van der Waals surface area contributed by atoms with Gasteiger partial charge in [-0.2, -0.15) is 0 Å². The summed E-state index contributed by atoms with van der Waals surface area (Å²) >= 11 is 0. The van der Waals surface area contributed by atoms with E-state index in [0.717, 1.165) is 31.6 Å². The lowest BCUT2D eigenvalue weighted by atomic mass is 9.92. The lowest BCUT2D eigenvalue weighted by Crippen LogP contribution is -2.46. The molecule has 0 amide bonds. The van der Waals surface area contributed by atoms with Gasteiger partial charge in [-0.15, -0.1) is 0 Å². The second kappa shape index (κ2) is 6.11. The number of carboxylic acid groups (broad SMARTS) is 1. The van der Waals surface area contributed by atoms with Gasteiger partial charge in [0.05, 0.1) is 0 Å². The van der Waals surface area contributed by atoms with Gasteiger partial charge in [0.25, 0.3) is 0 Å². The highest BCUT2D eigenvalue weighted by Gasteiger charge is 2.25. The molecule has 1 aliphatic heterocycles. The van der Waals surface area contributed by atoms with E-state index in [4.69, 9.17) is 5.11 Å². The van der Waals surface area contributed by atoms with E-state index < -0.39 is 5.97 Å². The number of nitrogens with one attached hydrogen (secondary N) is 1. The Kier molecular flexibility index (Phi) is 5.09. The fraction of sp³-hybridized carbons (Fsp3) is 0.917. The third-order valence-corrected chi connectivity index (χ3v) is 3.49. The predicted octanol–water partition coefficient (Wildman–Crippen LogP) is 2.41. The number of rotatable bonds is 5. The van der Waals surface area contributed by atoms with Crippen LogP contribution >= 0.6 is 0 Å². The first-order valence-corrected chi connectivity index (χ1v) is 6.12. The van der Waals surface area contributed by atoms with Gasteiger partial charge in [-0.25, -0.2) is 0 Å². The second-order valence-corrected chi connectivity index (χ2v) is 4.78. The summed E-state index contributed by atoms with van der Waals surface area (Å²) in [5.74, 6) is 0.0697. The molecule has 3 nitrogen and oxygen atoms in total. The van der Waals surface area contributed by atoms with Gasteiger partial charge in [0.2, 0.25) is 0 Å². The first-order valence-electron chi connectivity index (χ1n) is 6.12. The maximum absolute atomic E-state index is 10.8. The van der Waals surface area contributed by atoms with E-state index in [1.165, 1.54) is 12.8 Å². The van der Waals surface area contributed by atoms with Crippen LogP contribution in [0.2, 0.25) is 0 Å². The molecule has 15 heavy (non-hydrogen) atoms. The first-order chi connectivity index (χ1) is 7.13. The fourth-order valence-corrected chi connectivity index (χ4v) is 2.13. The number of aliphatic carboxylic acids is 1. The molecule has 0 aromatic rings. The third kappa shape index (κ3) is 4.20. The van der Waals surface area contributed by atoms with Crippen LogP contribution in [-0.4, -0.2) is 23.2 Å². The summed E-state index contributed by atoms with van der Waals surface area (Å²) < 4.78 is 0. The average Bonchev–Trinajstić information content (AvgIpc) is 2.26. The molecule has 1 fully saturated rings. The Hall–Kier alpha value is -0.570. The Labute approximate surface area is 92.3 Å². The van der Waals surface area contributed by atoms with Crippen molar-refractivity contribution in [2.75, 3.05) is 0 Å². The topological polar surface area (TPSA) is 49.3 Å². The van der Waals surface area contributed by atoms with Crippen LogP contribution in [0.1, 0.15) is 52.4 Å². The van der Waals surface area contributed by atoms with E-state index in [1.54, 1.807) is 0 Å². The van der Waals surface area contributed by atoms with Crippen molar-refractivity contribution in [1.82, 2.24) is 5.32 Å². The quantitative estimate of drug-likeness (QED) is 0.737. The molecule has 0 aromatic heterocycles. The van der Waals surface area contributed by atoms with Gasteiger partial charge in [0.1, 0.15) is 6.04 Å². The zero-order valence-corrected chi connectivity index (χ0v) is 9.83. The number of carboxylic acids is 1. The van der Waals surface area contributed by atoms with Crippen molar-refractivity contribution < 1.29 is 9.90 Å². The molecule has 0 aromatic carbocycles. The highest BCUT2D eigenvalue weighted by atomic mass is 16.4. The van der Waals surface area contributed by atoms with Gasteiger partial charge < -0.3 is 10.4 Å². The van der Waals surface area contributed by atoms with Crippen LogP contribution in [0.15, 0.2) is 0 Å². The van der Waals surface area contributed by atoms with E-state index >= 15 is 0 Å². The summed E-state index contributed by atoms with van der Waals surface area (Å²) in [7, 11) is 0. The zero-order chi connectivity index (χ0) is 11.3. The lowest BCUT2D eigenvalue weighted by molar-refractivity contribution is -0.140. The van der Waals surface area contributed by atoms with Crippen molar-refractivity contribution in [1.29, 1.82) is 0 Å². The van der Waals surface area contributed by atoms with Gasteiger partial charge in [-0.05, 0) is 38.0 Å². The molecular weight excluding hydrogens is 190 g/mol. The lowest BCUT2D eigenvalue weighted by Gasteiger charge is -2.29. The minimum Gasteiger partial charge on any atom is -0.480 e. The Morgan fingerprint density at radius 3 is 2.87 bits per heavy atom. The van der Waals surface area contributed by atoms with Gasteiger partial charge >= 0.3 is 5.97 Å². The first kappa shape index (κ1) is 12.5. The number of hydrogen-bond donors (Lipinski definition) is 2. The van der Waals surface area contributed by atoms with Gasteiger partial charge in [0, 0.05) is 6.04 Å². The fourth-order valence-electron chi connectivity index (χ4n) is 2.13. The standard InChI is InChI=1S/C12H23NO2/c1-3-9(2)7-8-10-5-4-6-11(13-10)12(14)15/h9-11,13H,3-8H2,1-2H3,(H,14,15). The van der Waals surface area contributed by atoms with Crippen LogP contribution in [-0.2, 0) is 4.79 Å². The maximum atomic E-state index is 10.8. The highest BCUT2D eigenvalue weighted by Crippen LogP contribution is 2.19. The minimum absolute atomic E-state index is 0.305.